The molecule has 3 aromatic heterocycles. The van der Waals surface area contributed by atoms with Gasteiger partial charge in [-0.25, -0.2) is 18.9 Å². The van der Waals surface area contributed by atoms with Gasteiger partial charge in [0.25, 0.3) is 5.91 Å². The lowest BCUT2D eigenvalue weighted by Crippen LogP contribution is -2.16. The minimum absolute atomic E-state index is 0.0500. The molecule has 1 amide bonds. The van der Waals surface area contributed by atoms with Crippen molar-refractivity contribution >= 4 is 39.1 Å². The molecule has 2 aromatic carbocycles. The third kappa shape index (κ3) is 5.20. The summed E-state index contributed by atoms with van der Waals surface area (Å²) in [5, 5.41) is 7.28. The smallest absolute Gasteiger partial charge is 0.306 e. The number of aryl methyl sites for hydroxylation is 1. The van der Waals surface area contributed by atoms with Crippen molar-refractivity contribution in [2.45, 2.75) is 6.92 Å². The van der Waals surface area contributed by atoms with Crippen molar-refractivity contribution in [3.05, 3.63) is 95.0 Å². The summed E-state index contributed by atoms with van der Waals surface area (Å²) in [7, 11) is -3.91. The molecule has 0 fully saturated rings. The maximum absolute atomic E-state index is 14.0. The van der Waals surface area contributed by atoms with E-state index in [4.69, 9.17) is 20.8 Å². The SMILES string of the molecule is Cc1cc(-c2nc3cccnn3c2-c2ccnc(NC(=O)c3ccc(Cl)cc3OS(C)(=O)=O)c2)ccc1F. The van der Waals surface area contributed by atoms with Gasteiger partial charge >= 0.3 is 10.1 Å². The molecule has 1 N–H and O–H groups in total. The molecule has 5 aromatic rings. The molecule has 192 valence electrons. The number of amides is 1. The zero-order chi connectivity index (χ0) is 27.0. The zero-order valence-corrected chi connectivity index (χ0v) is 21.6. The van der Waals surface area contributed by atoms with Gasteiger partial charge in [0.2, 0.25) is 0 Å². The molecule has 5 rings (SSSR count). The molecular formula is C26H19ClFN5O4S. The zero-order valence-electron chi connectivity index (χ0n) is 20.0. The molecule has 3 heterocycles. The minimum Gasteiger partial charge on any atom is -0.382 e. The molecule has 0 spiro atoms. The number of fused-ring (bicyclic) bond motifs is 1. The molecule has 0 bridgehead atoms. The predicted octanol–water partition coefficient (Wildman–Crippen LogP) is 5.15. The third-order valence-corrected chi connectivity index (χ3v) is 6.25. The van der Waals surface area contributed by atoms with E-state index in [1.54, 1.807) is 54.0 Å². The normalized spacial score (nSPS) is 11.5. The highest BCUT2D eigenvalue weighted by Crippen LogP contribution is 2.34. The van der Waals surface area contributed by atoms with Gasteiger partial charge in [0.1, 0.15) is 17.3 Å². The van der Waals surface area contributed by atoms with E-state index in [9.17, 15) is 17.6 Å². The van der Waals surface area contributed by atoms with E-state index < -0.39 is 16.0 Å². The van der Waals surface area contributed by atoms with Gasteiger partial charge in [0, 0.05) is 34.6 Å². The number of hydrogen-bond donors (Lipinski definition) is 1. The van der Waals surface area contributed by atoms with Crippen LogP contribution in [-0.2, 0) is 10.1 Å². The van der Waals surface area contributed by atoms with Gasteiger partial charge in [-0.15, -0.1) is 0 Å². The topological polar surface area (TPSA) is 116 Å². The predicted molar refractivity (Wildman–Crippen MR) is 141 cm³/mol. The Balaban J connectivity index is 1.56. The van der Waals surface area contributed by atoms with Crippen LogP contribution in [0.4, 0.5) is 10.2 Å². The fraction of sp³-hybridized carbons (Fsp3) is 0.0769. The summed E-state index contributed by atoms with van der Waals surface area (Å²) >= 11 is 5.97. The lowest BCUT2D eigenvalue weighted by molar-refractivity contribution is 0.102. The van der Waals surface area contributed by atoms with Crippen LogP contribution in [0.3, 0.4) is 0 Å². The van der Waals surface area contributed by atoms with Crippen molar-refractivity contribution in [2.24, 2.45) is 0 Å². The van der Waals surface area contributed by atoms with Gasteiger partial charge in [-0.1, -0.05) is 11.6 Å². The summed E-state index contributed by atoms with van der Waals surface area (Å²) in [6.07, 6.45) is 3.99. The van der Waals surface area contributed by atoms with Gasteiger partial charge in [-0.05, 0) is 67.1 Å². The average Bonchev–Trinajstić information content (AvgIpc) is 3.24. The van der Waals surface area contributed by atoms with Crippen LogP contribution < -0.4 is 9.50 Å². The fourth-order valence-corrected chi connectivity index (χ4v) is 4.51. The van der Waals surface area contributed by atoms with Crippen molar-refractivity contribution in [1.82, 2.24) is 19.6 Å². The number of anilines is 1. The number of carbonyl (C=O) groups excluding carboxylic acids is 1. The first-order valence-electron chi connectivity index (χ1n) is 11.2. The van der Waals surface area contributed by atoms with Crippen molar-refractivity contribution in [1.29, 1.82) is 0 Å². The fourth-order valence-electron chi connectivity index (χ4n) is 3.89. The number of carbonyl (C=O) groups is 1. The van der Waals surface area contributed by atoms with Gasteiger partial charge in [-0.3, -0.25) is 4.79 Å². The molecule has 12 heteroatoms. The Morgan fingerprint density at radius 3 is 2.63 bits per heavy atom. The van der Waals surface area contributed by atoms with Gasteiger partial charge in [-0.2, -0.15) is 13.5 Å². The number of imidazole rings is 1. The number of hydrogen-bond acceptors (Lipinski definition) is 7. The second-order valence-electron chi connectivity index (χ2n) is 8.38. The summed E-state index contributed by atoms with van der Waals surface area (Å²) in [5.74, 6) is -1.02. The summed E-state index contributed by atoms with van der Waals surface area (Å²) < 4.78 is 43.9. The quantitative estimate of drug-likeness (QED) is 0.290. The van der Waals surface area contributed by atoms with Crippen LogP contribution in [0, 0.1) is 12.7 Å². The van der Waals surface area contributed by atoms with E-state index in [2.05, 4.69) is 15.4 Å². The van der Waals surface area contributed by atoms with Crippen molar-refractivity contribution in [3.63, 3.8) is 0 Å². The molecule has 0 aliphatic heterocycles. The summed E-state index contributed by atoms with van der Waals surface area (Å²) in [6, 6.07) is 15.7. The molecule has 0 aliphatic rings. The first kappa shape index (κ1) is 25.3. The standard InChI is InChI=1S/C26H19ClFN5O4S/c1-15-12-16(5-8-20(15)28)24-25(33-23(32-24)4-3-10-30-33)17-9-11-29-22(13-17)31-26(34)19-7-6-18(27)14-21(19)37-38(2,35)36/h3-14H,1-2H3,(H,29,31,34). The minimum atomic E-state index is -3.91. The lowest BCUT2D eigenvalue weighted by atomic mass is 10.0. The van der Waals surface area contributed by atoms with Crippen LogP contribution in [-0.4, -0.2) is 40.2 Å². The van der Waals surface area contributed by atoms with Gasteiger partial charge < -0.3 is 9.50 Å². The van der Waals surface area contributed by atoms with E-state index >= 15 is 0 Å². The lowest BCUT2D eigenvalue weighted by Gasteiger charge is -2.11. The van der Waals surface area contributed by atoms with E-state index in [1.165, 1.54) is 30.5 Å². The molecule has 0 aliphatic carbocycles. The van der Waals surface area contributed by atoms with E-state index in [-0.39, 0.29) is 28.0 Å². The Morgan fingerprint density at radius 2 is 1.87 bits per heavy atom. The number of benzene rings is 2. The van der Waals surface area contributed by atoms with E-state index in [0.717, 1.165) is 6.26 Å². The number of halogens is 2. The van der Waals surface area contributed by atoms with Crippen LogP contribution in [0.5, 0.6) is 5.75 Å². The third-order valence-electron chi connectivity index (χ3n) is 5.53. The summed E-state index contributed by atoms with van der Waals surface area (Å²) in [5.41, 5.74) is 3.49. The van der Waals surface area contributed by atoms with Crippen molar-refractivity contribution in [3.8, 4) is 28.3 Å². The maximum atomic E-state index is 14.0. The first-order chi connectivity index (χ1) is 18.1. The van der Waals surface area contributed by atoms with Gasteiger partial charge in [0.15, 0.2) is 11.4 Å². The van der Waals surface area contributed by atoms with Crippen LogP contribution in [0.15, 0.2) is 73.1 Å². The Hall–Kier alpha value is -4.35. The molecule has 38 heavy (non-hydrogen) atoms. The summed E-state index contributed by atoms with van der Waals surface area (Å²) in [6.45, 7) is 1.67. The monoisotopic (exact) mass is 551 g/mol. The number of rotatable bonds is 6. The molecule has 9 nitrogen and oxygen atoms in total. The molecule has 0 saturated carbocycles. The second kappa shape index (κ2) is 9.84. The van der Waals surface area contributed by atoms with Crippen molar-refractivity contribution in [2.75, 3.05) is 11.6 Å². The molecule has 0 saturated heterocycles. The van der Waals surface area contributed by atoms with Crippen LogP contribution in [0.1, 0.15) is 15.9 Å². The Bertz CT molecular complexity index is 1820. The van der Waals surface area contributed by atoms with Crippen molar-refractivity contribution < 1.29 is 21.8 Å². The maximum Gasteiger partial charge on any atom is 0.306 e. The van der Waals surface area contributed by atoms with Crippen LogP contribution >= 0.6 is 11.6 Å². The highest BCUT2D eigenvalue weighted by Gasteiger charge is 2.20. The second-order valence-corrected chi connectivity index (χ2v) is 10.4. The number of aromatic nitrogens is 4. The highest BCUT2D eigenvalue weighted by molar-refractivity contribution is 7.86. The largest absolute Gasteiger partial charge is 0.382 e. The van der Waals surface area contributed by atoms with Crippen LogP contribution in [0.2, 0.25) is 5.02 Å². The van der Waals surface area contributed by atoms with E-state index in [1.807, 2.05) is 0 Å². The number of nitrogens with zero attached hydrogens (tertiary/aromatic N) is 4. The Kier molecular flexibility index (Phi) is 6.55. The number of nitrogens with one attached hydrogen (secondary N) is 1. The average molecular weight is 552 g/mol. The Morgan fingerprint density at radius 1 is 1.05 bits per heavy atom. The first-order valence-corrected chi connectivity index (χ1v) is 13.4. The molecule has 0 radical (unpaired) electrons. The van der Waals surface area contributed by atoms with E-state index in [0.29, 0.717) is 33.7 Å². The number of pyridine rings is 1. The van der Waals surface area contributed by atoms with Gasteiger partial charge in [0.05, 0.1) is 17.5 Å². The van der Waals surface area contributed by atoms with Crippen LogP contribution in [0.25, 0.3) is 28.2 Å². The summed E-state index contributed by atoms with van der Waals surface area (Å²) in [4.78, 5) is 22.0. The molecular weight excluding hydrogens is 533 g/mol. The molecule has 0 unspecified atom stereocenters. The molecule has 0 atom stereocenters. The Labute approximate surface area is 222 Å². The highest BCUT2D eigenvalue weighted by atomic mass is 35.5.